The molecule has 0 saturated carbocycles. The summed E-state index contributed by atoms with van der Waals surface area (Å²) in [5.74, 6) is -0.753. The number of hydrogen-bond acceptors (Lipinski definition) is 5. The van der Waals surface area contributed by atoms with E-state index in [0.717, 1.165) is 6.07 Å². The summed E-state index contributed by atoms with van der Waals surface area (Å²) in [5, 5.41) is 14.2. The van der Waals surface area contributed by atoms with E-state index in [2.05, 4.69) is 5.32 Å². The fraction of sp³-hybridized carbons (Fsp3) is 0.294. The number of rotatable bonds is 5. The number of halogens is 2. The van der Waals surface area contributed by atoms with E-state index in [1.807, 2.05) is 0 Å². The van der Waals surface area contributed by atoms with Crippen molar-refractivity contribution in [1.29, 1.82) is 0 Å². The molecule has 0 radical (unpaired) electrons. The molecule has 1 unspecified atom stereocenters. The molecule has 0 fully saturated rings. The van der Waals surface area contributed by atoms with Crippen molar-refractivity contribution in [3.8, 4) is 5.75 Å². The normalized spacial score (nSPS) is 14.5. The Bertz CT molecular complexity index is 813. The number of ether oxygens (including phenoxy) is 2. The molecule has 1 aliphatic heterocycles. The van der Waals surface area contributed by atoms with Crippen LogP contribution in [0.3, 0.4) is 0 Å². The van der Waals surface area contributed by atoms with Gasteiger partial charge in [0.15, 0.2) is 6.79 Å². The first-order valence-electron chi connectivity index (χ1n) is 7.64. The molecule has 1 atom stereocenters. The van der Waals surface area contributed by atoms with Crippen LogP contribution < -0.4 is 10.1 Å². The van der Waals surface area contributed by atoms with Crippen LogP contribution in [0.5, 0.6) is 5.75 Å². The third kappa shape index (κ3) is 3.75. The largest absolute Gasteiger partial charge is 0.467 e. The maximum Gasteiger partial charge on any atom is 0.270 e. The first kappa shape index (κ1) is 17.2. The molecule has 1 heterocycles. The summed E-state index contributed by atoms with van der Waals surface area (Å²) in [6.07, 6.45) is 0. The average molecular weight is 350 g/mol. The van der Waals surface area contributed by atoms with Crippen molar-refractivity contribution in [3.05, 3.63) is 68.8 Å². The van der Waals surface area contributed by atoms with E-state index < -0.39 is 22.6 Å². The van der Waals surface area contributed by atoms with Crippen LogP contribution in [0, 0.1) is 21.7 Å². The molecule has 6 nitrogen and oxygen atoms in total. The monoisotopic (exact) mass is 350 g/mol. The smallest absolute Gasteiger partial charge is 0.270 e. The van der Waals surface area contributed by atoms with Crippen LogP contribution in [-0.4, -0.2) is 11.7 Å². The summed E-state index contributed by atoms with van der Waals surface area (Å²) < 4.78 is 37.5. The molecule has 25 heavy (non-hydrogen) atoms. The Kier molecular flexibility index (Phi) is 4.91. The van der Waals surface area contributed by atoms with Gasteiger partial charge in [0.05, 0.1) is 11.5 Å². The van der Waals surface area contributed by atoms with Crippen LogP contribution in [-0.2, 0) is 17.9 Å². The maximum absolute atomic E-state index is 13.9. The Morgan fingerprint density at radius 1 is 1.32 bits per heavy atom. The van der Waals surface area contributed by atoms with Crippen LogP contribution in [0.25, 0.3) is 0 Å². The number of nitro groups is 1. The number of non-ortho nitro benzene ring substituents is 1. The molecule has 0 aliphatic carbocycles. The molecule has 3 rings (SSSR count). The Labute approximate surface area is 142 Å². The van der Waals surface area contributed by atoms with E-state index in [-0.39, 0.29) is 25.6 Å². The minimum Gasteiger partial charge on any atom is -0.467 e. The zero-order valence-electron chi connectivity index (χ0n) is 13.4. The predicted molar refractivity (Wildman–Crippen MR) is 85.0 cm³/mol. The highest BCUT2D eigenvalue weighted by Crippen LogP contribution is 2.33. The zero-order valence-corrected chi connectivity index (χ0v) is 13.4. The zero-order chi connectivity index (χ0) is 18.0. The number of hydrogen-bond donors (Lipinski definition) is 1. The molecule has 2 aromatic carbocycles. The van der Waals surface area contributed by atoms with Crippen LogP contribution in [0.15, 0.2) is 30.3 Å². The lowest BCUT2D eigenvalue weighted by Crippen LogP contribution is -2.21. The fourth-order valence-corrected chi connectivity index (χ4v) is 2.74. The minimum atomic E-state index is -0.647. The third-order valence-electron chi connectivity index (χ3n) is 4.01. The number of nitrogens with zero attached hydrogens (tertiary/aromatic N) is 1. The van der Waals surface area contributed by atoms with E-state index in [1.54, 1.807) is 6.92 Å². The third-order valence-corrected chi connectivity index (χ3v) is 4.01. The van der Waals surface area contributed by atoms with Crippen molar-refractivity contribution in [3.63, 3.8) is 0 Å². The van der Waals surface area contributed by atoms with Gasteiger partial charge in [0.2, 0.25) is 0 Å². The summed E-state index contributed by atoms with van der Waals surface area (Å²) in [4.78, 5) is 10.6. The number of nitrogens with one attached hydrogen (secondary N) is 1. The van der Waals surface area contributed by atoms with Gasteiger partial charge < -0.3 is 14.8 Å². The van der Waals surface area contributed by atoms with Gasteiger partial charge in [0, 0.05) is 47.5 Å². The van der Waals surface area contributed by atoms with Gasteiger partial charge in [-0.2, -0.15) is 0 Å². The molecule has 0 amide bonds. The summed E-state index contributed by atoms with van der Waals surface area (Å²) in [7, 11) is 0. The quantitative estimate of drug-likeness (QED) is 0.659. The molecular formula is C17H16F2N2O4. The second-order valence-corrected chi connectivity index (χ2v) is 5.73. The molecule has 0 saturated heterocycles. The Morgan fingerprint density at radius 3 is 2.84 bits per heavy atom. The van der Waals surface area contributed by atoms with Gasteiger partial charge in [-0.25, -0.2) is 8.78 Å². The van der Waals surface area contributed by atoms with Gasteiger partial charge in [-0.1, -0.05) is 6.07 Å². The SMILES string of the molecule is CC(NCc1cc([N+](=O)[O-])cc2c1OCOC2)c1ccc(F)cc1F. The van der Waals surface area contributed by atoms with Gasteiger partial charge in [0.1, 0.15) is 17.4 Å². The van der Waals surface area contributed by atoms with Crippen LogP contribution in [0.2, 0.25) is 0 Å². The van der Waals surface area contributed by atoms with Crippen molar-refractivity contribution in [2.45, 2.75) is 26.1 Å². The molecule has 0 aromatic heterocycles. The first-order chi connectivity index (χ1) is 12.0. The summed E-state index contributed by atoms with van der Waals surface area (Å²) in [5.41, 5.74) is 1.43. The molecular weight excluding hydrogens is 334 g/mol. The van der Waals surface area contributed by atoms with Crippen molar-refractivity contribution in [2.24, 2.45) is 0 Å². The van der Waals surface area contributed by atoms with E-state index >= 15 is 0 Å². The van der Waals surface area contributed by atoms with Crippen LogP contribution in [0.1, 0.15) is 29.7 Å². The molecule has 0 bridgehead atoms. The van der Waals surface area contributed by atoms with Crippen molar-refractivity contribution in [2.75, 3.05) is 6.79 Å². The van der Waals surface area contributed by atoms with Gasteiger partial charge in [-0.15, -0.1) is 0 Å². The summed E-state index contributed by atoms with van der Waals surface area (Å²) in [6, 6.07) is 5.80. The lowest BCUT2D eigenvalue weighted by molar-refractivity contribution is -0.385. The second-order valence-electron chi connectivity index (χ2n) is 5.73. The van der Waals surface area contributed by atoms with Gasteiger partial charge in [-0.05, 0) is 13.0 Å². The lowest BCUT2D eigenvalue weighted by atomic mass is 10.0. The maximum atomic E-state index is 13.9. The predicted octanol–water partition coefficient (Wildman–Crippen LogP) is 3.59. The lowest BCUT2D eigenvalue weighted by Gasteiger charge is -2.22. The van der Waals surface area contributed by atoms with Crippen LogP contribution in [0.4, 0.5) is 14.5 Å². The van der Waals surface area contributed by atoms with Crippen molar-refractivity contribution < 1.29 is 23.2 Å². The van der Waals surface area contributed by atoms with Crippen molar-refractivity contribution in [1.82, 2.24) is 5.32 Å². The summed E-state index contributed by atoms with van der Waals surface area (Å²) >= 11 is 0. The van der Waals surface area contributed by atoms with E-state index in [9.17, 15) is 18.9 Å². The number of fused-ring (bicyclic) bond motifs is 1. The second kappa shape index (κ2) is 7.12. The summed E-state index contributed by atoms with van der Waals surface area (Å²) in [6.45, 7) is 2.25. The molecule has 2 aromatic rings. The molecule has 132 valence electrons. The molecule has 1 aliphatic rings. The highest BCUT2D eigenvalue weighted by atomic mass is 19.1. The molecule has 0 spiro atoms. The average Bonchev–Trinajstić information content (AvgIpc) is 2.59. The van der Waals surface area contributed by atoms with E-state index in [4.69, 9.17) is 9.47 Å². The molecule has 1 N–H and O–H groups in total. The van der Waals surface area contributed by atoms with E-state index in [0.29, 0.717) is 22.4 Å². The molecule has 8 heteroatoms. The first-order valence-corrected chi connectivity index (χ1v) is 7.64. The standard InChI is InChI=1S/C17H16F2N2O4/c1-10(15-3-2-13(18)6-16(15)19)20-7-11-4-14(21(22)23)5-12-8-24-9-25-17(11)12/h2-6,10,20H,7-9H2,1H3. The van der Waals surface area contributed by atoms with E-state index in [1.165, 1.54) is 24.3 Å². The topological polar surface area (TPSA) is 73.6 Å². The minimum absolute atomic E-state index is 0.0646. The van der Waals surface area contributed by atoms with Crippen LogP contribution >= 0.6 is 0 Å². The highest BCUT2D eigenvalue weighted by Gasteiger charge is 2.21. The van der Waals surface area contributed by atoms with Gasteiger partial charge >= 0.3 is 0 Å². The van der Waals surface area contributed by atoms with Gasteiger partial charge in [-0.3, -0.25) is 10.1 Å². The Morgan fingerprint density at radius 2 is 2.12 bits per heavy atom. The highest BCUT2D eigenvalue weighted by molar-refractivity contribution is 5.50. The Balaban J connectivity index is 1.82. The van der Waals surface area contributed by atoms with Crippen molar-refractivity contribution >= 4 is 5.69 Å². The number of benzene rings is 2. The van der Waals surface area contributed by atoms with Gasteiger partial charge in [0.25, 0.3) is 5.69 Å². The number of nitro benzene ring substituents is 1. The Hall–Kier alpha value is -2.58. The fourth-order valence-electron chi connectivity index (χ4n) is 2.74.